The van der Waals surface area contributed by atoms with Gasteiger partial charge in [0.05, 0.1) is 45.0 Å². The van der Waals surface area contributed by atoms with Gasteiger partial charge in [0.25, 0.3) is 0 Å². The Hall–Kier alpha value is -6.58. The van der Waals surface area contributed by atoms with Gasteiger partial charge in [-0.15, -0.1) is 0 Å². The fourth-order valence-corrected chi connectivity index (χ4v) is 9.38. The van der Waals surface area contributed by atoms with E-state index in [0.29, 0.717) is 5.56 Å². The molecule has 3 aliphatic rings. The summed E-state index contributed by atoms with van der Waals surface area (Å²) in [6, 6.07) is 61.1. The largest absolute Gasteiger partial charge is 0.459 e. The number of hydrogen-bond donors (Lipinski definition) is 1. The Morgan fingerprint density at radius 1 is 0.493 bits per heavy atom. The maximum absolute atomic E-state index is 14.4. The number of carbonyl (C=O) groups is 2. The van der Waals surface area contributed by atoms with Gasteiger partial charge in [-0.05, 0) is 56.8 Å². The standard InChI is InChI=1S/C59H57NO11/c61-50(33-40-18-6-1-7-19-40)60-51-54(64-34-41-20-8-2-9-21-41)52(63-37-44-30-31-45-26-16-17-29-47(45)32-44)48(38-67-57(62)46-27-14-5-15-28-46)69-58(51)71-53-49-39-68-59(70-49)56(66-36-43-24-12-4-13-25-43)55(53)65-35-42-22-10-3-11-23-42/h1-32,48-49,51-56,58-59H,33-39H2,(H,60,61)/t48-,49+,51-,52-,53+,54-,55-,56-,58-,59-/m1/s1. The molecule has 2 bridgehead atoms. The normalized spacial score (nSPS) is 24.8. The Morgan fingerprint density at radius 2 is 1.01 bits per heavy atom. The van der Waals surface area contributed by atoms with Crippen LogP contribution < -0.4 is 5.32 Å². The van der Waals surface area contributed by atoms with E-state index in [0.717, 1.165) is 38.6 Å². The maximum Gasteiger partial charge on any atom is 0.338 e. The zero-order valence-electron chi connectivity index (χ0n) is 39.2. The monoisotopic (exact) mass is 955 g/mol. The molecule has 1 N–H and O–H groups in total. The minimum absolute atomic E-state index is 0.0685. The molecule has 0 saturated carbocycles. The van der Waals surface area contributed by atoms with E-state index in [-0.39, 0.29) is 52.0 Å². The lowest BCUT2D eigenvalue weighted by atomic mass is 9.94. The molecule has 10 rings (SSSR count). The molecule has 12 heteroatoms. The number of ether oxygens (including phenoxy) is 9. The van der Waals surface area contributed by atoms with Crippen molar-refractivity contribution in [1.82, 2.24) is 5.32 Å². The van der Waals surface area contributed by atoms with E-state index < -0.39 is 67.3 Å². The van der Waals surface area contributed by atoms with Gasteiger partial charge >= 0.3 is 5.97 Å². The van der Waals surface area contributed by atoms with Crippen molar-refractivity contribution in [2.75, 3.05) is 13.2 Å². The van der Waals surface area contributed by atoms with Crippen molar-refractivity contribution in [2.45, 2.75) is 94.2 Å². The Labute approximate surface area is 413 Å². The SMILES string of the molecule is O=C(Cc1ccccc1)N[C@H]1[C@@H](O[C@@H]2[C@@H](OCc3ccccc3)[C@@H](OCc3ccccc3)[C@@H]3OC[C@@H]2O3)O[C@H](COC(=O)c2ccccc2)[C@@H](OCc2ccc3ccccc3c2)[C@@H]1OCc1ccccc1. The van der Waals surface area contributed by atoms with Crippen LogP contribution in [0.5, 0.6) is 0 Å². The summed E-state index contributed by atoms with van der Waals surface area (Å²) in [6.45, 7) is 0.751. The van der Waals surface area contributed by atoms with E-state index in [2.05, 4.69) is 29.6 Å². The smallest absolute Gasteiger partial charge is 0.338 e. The fourth-order valence-electron chi connectivity index (χ4n) is 9.38. The molecule has 0 spiro atoms. The lowest BCUT2D eigenvalue weighted by molar-refractivity contribution is -0.333. The van der Waals surface area contributed by atoms with Gasteiger partial charge in [0.2, 0.25) is 5.91 Å². The Kier molecular flexibility index (Phi) is 15.9. The first kappa shape index (κ1) is 48.1. The molecule has 12 nitrogen and oxygen atoms in total. The first-order valence-corrected chi connectivity index (χ1v) is 24.2. The highest BCUT2D eigenvalue weighted by atomic mass is 16.8. The van der Waals surface area contributed by atoms with E-state index in [1.807, 2.05) is 146 Å². The number of rotatable bonds is 20. The first-order valence-electron chi connectivity index (χ1n) is 24.2. The summed E-state index contributed by atoms with van der Waals surface area (Å²) >= 11 is 0. The van der Waals surface area contributed by atoms with Gasteiger partial charge in [-0.25, -0.2) is 4.79 Å². The van der Waals surface area contributed by atoms with Crippen LogP contribution in [0.3, 0.4) is 0 Å². The molecule has 3 aliphatic heterocycles. The van der Waals surface area contributed by atoms with Crippen molar-refractivity contribution in [2.24, 2.45) is 0 Å². The second-order valence-electron chi connectivity index (χ2n) is 18.0. The van der Waals surface area contributed by atoms with Crippen LogP contribution in [-0.2, 0) is 80.3 Å². The molecular formula is C59H57NO11. The summed E-state index contributed by atoms with van der Waals surface area (Å²) < 4.78 is 60.6. The quantitative estimate of drug-likeness (QED) is 0.0736. The van der Waals surface area contributed by atoms with Gasteiger partial charge in [-0.3, -0.25) is 4.79 Å². The van der Waals surface area contributed by atoms with Crippen molar-refractivity contribution in [3.8, 4) is 0 Å². The minimum atomic E-state index is -1.24. The van der Waals surface area contributed by atoms with Crippen LogP contribution in [0, 0.1) is 0 Å². The third kappa shape index (κ3) is 12.3. The number of esters is 1. The van der Waals surface area contributed by atoms with E-state index in [1.54, 1.807) is 24.3 Å². The molecule has 71 heavy (non-hydrogen) atoms. The van der Waals surface area contributed by atoms with Gasteiger partial charge in [0, 0.05) is 0 Å². The minimum Gasteiger partial charge on any atom is -0.459 e. The zero-order valence-corrected chi connectivity index (χ0v) is 39.2. The lowest BCUT2D eigenvalue weighted by Crippen LogP contribution is -2.68. The van der Waals surface area contributed by atoms with Crippen LogP contribution in [0.25, 0.3) is 10.8 Å². The van der Waals surface area contributed by atoms with Crippen molar-refractivity contribution < 1.29 is 52.2 Å². The number of hydrogen-bond acceptors (Lipinski definition) is 11. The lowest BCUT2D eigenvalue weighted by Gasteiger charge is -2.48. The predicted octanol–water partition coefficient (Wildman–Crippen LogP) is 8.93. The molecule has 7 aromatic rings. The van der Waals surface area contributed by atoms with E-state index in [1.165, 1.54) is 0 Å². The molecule has 0 aromatic heterocycles. The van der Waals surface area contributed by atoms with Crippen molar-refractivity contribution in [3.05, 3.63) is 228 Å². The number of amides is 1. The predicted molar refractivity (Wildman–Crippen MR) is 265 cm³/mol. The second-order valence-corrected chi connectivity index (χ2v) is 18.0. The third-order valence-corrected chi connectivity index (χ3v) is 13.0. The first-order chi connectivity index (χ1) is 35.0. The van der Waals surface area contributed by atoms with Crippen LogP contribution in [0.15, 0.2) is 194 Å². The molecule has 364 valence electrons. The Bertz CT molecular complexity index is 2770. The van der Waals surface area contributed by atoms with Gasteiger partial charge < -0.3 is 47.9 Å². The molecule has 3 fully saturated rings. The number of carbonyl (C=O) groups excluding carboxylic acids is 2. The van der Waals surface area contributed by atoms with Crippen molar-refractivity contribution in [3.63, 3.8) is 0 Å². The molecule has 3 saturated heterocycles. The van der Waals surface area contributed by atoms with Crippen LogP contribution in [0.2, 0.25) is 0 Å². The van der Waals surface area contributed by atoms with Gasteiger partial charge in [-0.1, -0.05) is 176 Å². The highest BCUT2D eigenvalue weighted by molar-refractivity contribution is 5.89. The molecule has 0 radical (unpaired) electrons. The molecule has 7 aromatic carbocycles. The summed E-state index contributed by atoms with van der Waals surface area (Å²) in [4.78, 5) is 28.1. The Balaban J connectivity index is 1.02. The van der Waals surface area contributed by atoms with Crippen LogP contribution in [0.1, 0.15) is 38.2 Å². The average Bonchev–Trinajstić information content (AvgIpc) is 3.86. The number of benzene rings is 7. The third-order valence-electron chi connectivity index (χ3n) is 13.0. The summed E-state index contributed by atoms with van der Waals surface area (Å²) in [6.07, 6.45) is -7.66. The van der Waals surface area contributed by atoms with Gasteiger partial charge in [0.15, 0.2) is 12.6 Å². The van der Waals surface area contributed by atoms with E-state index >= 15 is 0 Å². The highest BCUT2D eigenvalue weighted by Crippen LogP contribution is 2.38. The molecule has 0 aliphatic carbocycles. The fraction of sp³-hybridized carbons (Fsp3) is 0.288. The maximum atomic E-state index is 14.4. The molecular weight excluding hydrogens is 899 g/mol. The number of fused-ring (bicyclic) bond motifs is 3. The molecule has 10 atom stereocenters. The zero-order chi connectivity index (χ0) is 48.2. The summed E-state index contributed by atoms with van der Waals surface area (Å²) in [5.41, 5.74) is 4.91. The van der Waals surface area contributed by atoms with Gasteiger partial charge in [0.1, 0.15) is 55.4 Å². The summed E-state index contributed by atoms with van der Waals surface area (Å²) in [7, 11) is 0. The van der Waals surface area contributed by atoms with Crippen molar-refractivity contribution >= 4 is 22.6 Å². The number of nitrogens with one attached hydrogen (secondary N) is 1. The second kappa shape index (κ2) is 23.6. The Morgan fingerprint density at radius 3 is 1.65 bits per heavy atom. The highest BCUT2D eigenvalue weighted by Gasteiger charge is 2.56. The van der Waals surface area contributed by atoms with E-state index in [4.69, 9.17) is 42.6 Å². The van der Waals surface area contributed by atoms with E-state index in [9.17, 15) is 9.59 Å². The molecule has 1 amide bonds. The van der Waals surface area contributed by atoms with Crippen LogP contribution >= 0.6 is 0 Å². The molecule has 3 heterocycles. The van der Waals surface area contributed by atoms with Gasteiger partial charge in [-0.2, -0.15) is 0 Å². The average molecular weight is 956 g/mol. The van der Waals surface area contributed by atoms with Crippen molar-refractivity contribution in [1.29, 1.82) is 0 Å². The molecule has 0 unspecified atom stereocenters. The van der Waals surface area contributed by atoms with Crippen LogP contribution in [-0.4, -0.2) is 86.4 Å². The topological polar surface area (TPSA) is 129 Å². The summed E-state index contributed by atoms with van der Waals surface area (Å²) in [5.74, 6) is -0.832. The van der Waals surface area contributed by atoms with Crippen LogP contribution in [0.4, 0.5) is 0 Å². The summed E-state index contributed by atoms with van der Waals surface area (Å²) in [5, 5.41) is 5.44.